The summed E-state index contributed by atoms with van der Waals surface area (Å²) in [4.78, 5) is 0. The third-order valence-electron chi connectivity index (χ3n) is 2.79. The standard InChI is InChI=1S/C13H11F7/c1-2-3-6-9-7-4-5-8-10(9)11(14,12(15,16)17)13(18,19)20/h2,4-5,7-8H,1,3,6H2. The third-order valence-corrected chi connectivity index (χ3v) is 2.79. The molecule has 0 amide bonds. The van der Waals surface area contributed by atoms with Crippen LogP contribution < -0.4 is 0 Å². The first-order valence-corrected chi connectivity index (χ1v) is 5.57. The molecule has 20 heavy (non-hydrogen) atoms. The molecule has 0 bridgehead atoms. The highest BCUT2D eigenvalue weighted by molar-refractivity contribution is 5.35. The van der Waals surface area contributed by atoms with Crippen LogP contribution in [-0.4, -0.2) is 12.4 Å². The molecule has 0 radical (unpaired) electrons. The molecule has 0 aliphatic carbocycles. The van der Waals surface area contributed by atoms with Crippen LogP contribution >= 0.6 is 0 Å². The Morgan fingerprint density at radius 2 is 1.40 bits per heavy atom. The van der Waals surface area contributed by atoms with Crippen LogP contribution in [0.5, 0.6) is 0 Å². The molecule has 0 saturated carbocycles. The number of aryl methyl sites for hydroxylation is 1. The Morgan fingerprint density at radius 3 is 1.85 bits per heavy atom. The second-order valence-electron chi connectivity index (χ2n) is 4.14. The molecule has 0 N–H and O–H groups in total. The van der Waals surface area contributed by atoms with E-state index in [1.807, 2.05) is 0 Å². The van der Waals surface area contributed by atoms with Crippen LogP contribution in [0.4, 0.5) is 30.7 Å². The van der Waals surface area contributed by atoms with E-state index in [2.05, 4.69) is 6.58 Å². The van der Waals surface area contributed by atoms with Gasteiger partial charge in [-0.2, -0.15) is 26.3 Å². The Balaban J connectivity index is 3.47. The van der Waals surface area contributed by atoms with Crippen LogP contribution in [0, 0.1) is 0 Å². The fourth-order valence-corrected chi connectivity index (χ4v) is 1.80. The van der Waals surface area contributed by atoms with Gasteiger partial charge in [0.2, 0.25) is 0 Å². The summed E-state index contributed by atoms with van der Waals surface area (Å²) in [6.07, 6.45) is -10.9. The Labute approximate surface area is 110 Å². The van der Waals surface area contributed by atoms with Crippen LogP contribution in [-0.2, 0) is 12.1 Å². The molecule has 0 atom stereocenters. The van der Waals surface area contributed by atoms with Crippen molar-refractivity contribution in [2.75, 3.05) is 0 Å². The molecule has 1 aromatic carbocycles. The first-order chi connectivity index (χ1) is 9.05. The van der Waals surface area contributed by atoms with Crippen LogP contribution in [0.15, 0.2) is 36.9 Å². The van der Waals surface area contributed by atoms with Gasteiger partial charge in [-0.15, -0.1) is 6.58 Å². The summed E-state index contributed by atoms with van der Waals surface area (Å²) in [5, 5.41) is 0. The number of hydrogen-bond donors (Lipinski definition) is 0. The second-order valence-corrected chi connectivity index (χ2v) is 4.14. The molecular formula is C13H11F7. The molecule has 0 aromatic heterocycles. The predicted octanol–water partition coefficient (Wildman–Crippen LogP) is 5.09. The van der Waals surface area contributed by atoms with E-state index in [4.69, 9.17) is 0 Å². The molecule has 0 heterocycles. The van der Waals surface area contributed by atoms with E-state index in [1.54, 1.807) is 0 Å². The van der Waals surface area contributed by atoms with Crippen molar-refractivity contribution in [1.82, 2.24) is 0 Å². The number of hydrogen-bond acceptors (Lipinski definition) is 0. The summed E-state index contributed by atoms with van der Waals surface area (Å²) in [6, 6.07) is 3.76. The molecule has 0 aliphatic rings. The Bertz CT molecular complexity index is 456. The van der Waals surface area contributed by atoms with E-state index >= 15 is 0 Å². The summed E-state index contributed by atoms with van der Waals surface area (Å²) in [6.45, 7) is 3.33. The number of benzene rings is 1. The SMILES string of the molecule is C=CCCc1ccccc1C(F)(C(F)(F)F)C(F)(F)F. The Hall–Kier alpha value is -1.53. The number of allylic oxidation sites excluding steroid dienone is 1. The van der Waals surface area contributed by atoms with Crippen molar-refractivity contribution in [3.63, 3.8) is 0 Å². The molecule has 1 rings (SSSR count). The van der Waals surface area contributed by atoms with E-state index in [0.717, 1.165) is 12.1 Å². The predicted molar refractivity (Wildman–Crippen MR) is 59.9 cm³/mol. The highest BCUT2D eigenvalue weighted by atomic mass is 19.4. The summed E-state index contributed by atoms with van der Waals surface area (Å²) < 4.78 is 90.0. The molecule has 7 heteroatoms. The zero-order chi connectivity index (χ0) is 15.6. The minimum atomic E-state index is -6.09. The largest absolute Gasteiger partial charge is 0.435 e. The molecule has 0 unspecified atom stereocenters. The third kappa shape index (κ3) is 2.81. The summed E-state index contributed by atoms with van der Waals surface area (Å²) in [5.41, 5.74) is -7.14. The Kier molecular flexibility index (Phi) is 4.51. The van der Waals surface area contributed by atoms with E-state index in [1.165, 1.54) is 12.1 Å². The average Bonchev–Trinajstić information content (AvgIpc) is 2.33. The van der Waals surface area contributed by atoms with E-state index in [-0.39, 0.29) is 18.4 Å². The molecule has 0 fully saturated rings. The van der Waals surface area contributed by atoms with Gasteiger partial charge in [-0.05, 0) is 18.4 Å². The van der Waals surface area contributed by atoms with Crippen molar-refractivity contribution in [2.24, 2.45) is 0 Å². The first kappa shape index (κ1) is 16.5. The molecule has 0 aliphatic heterocycles. The van der Waals surface area contributed by atoms with E-state index in [0.29, 0.717) is 6.07 Å². The molecule has 112 valence electrons. The summed E-state index contributed by atoms with van der Waals surface area (Å²) >= 11 is 0. The molecule has 0 spiro atoms. The monoisotopic (exact) mass is 300 g/mol. The lowest BCUT2D eigenvalue weighted by Gasteiger charge is -2.31. The van der Waals surface area contributed by atoms with Gasteiger partial charge in [-0.25, -0.2) is 4.39 Å². The van der Waals surface area contributed by atoms with Crippen LogP contribution in [0.3, 0.4) is 0 Å². The number of alkyl halides is 7. The molecule has 1 aromatic rings. The normalized spacial score (nSPS) is 13.3. The van der Waals surface area contributed by atoms with Gasteiger partial charge in [0, 0.05) is 5.56 Å². The smallest absolute Gasteiger partial charge is 0.218 e. The lowest BCUT2D eigenvalue weighted by molar-refractivity contribution is -0.348. The summed E-state index contributed by atoms with van der Waals surface area (Å²) in [5.74, 6) is 0. The van der Waals surface area contributed by atoms with Crippen molar-refractivity contribution in [3.8, 4) is 0 Å². The van der Waals surface area contributed by atoms with Crippen molar-refractivity contribution in [3.05, 3.63) is 48.0 Å². The zero-order valence-corrected chi connectivity index (χ0v) is 10.2. The first-order valence-electron chi connectivity index (χ1n) is 5.57. The fourth-order valence-electron chi connectivity index (χ4n) is 1.80. The van der Waals surface area contributed by atoms with Gasteiger partial charge in [0.25, 0.3) is 0 Å². The van der Waals surface area contributed by atoms with Gasteiger partial charge in [0.1, 0.15) is 0 Å². The van der Waals surface area contributed by atoms with Crippen molar-refractivity contribution in [1.29, 1.82) is 0 Å². The molecule has 0 nitrogen and oxygen atoms in total. The lowest BCUT2D eigenvalue weighted by Crippen LogP contribution is -2.50. The fraction of sp³-hybridized carbons (Fsp3) is 0.385. The second kappa shape index (κ2) is 5.46. The minimum absolute atomic E-state index is 0.142. The Morgan fingerprint density at radius 1 is 0.900 bits per heavy atom. The van der Waals surface area contributed by atoms with E-state index in [9.17, 15) is 30.7 Å². The quantitative estimate of drug-likeness (QED) is 0.536. The topological polar surface area (TPSA) is 0 Å². The van der Waals surface area contributed by atoms with Crippen LogP contribution in [0.25, 0.3) is 0 Å². The molecule has 0 saturated heterocycles. The van der Waals surface area contributed by atoms with Crippen molar-refractivity contribution < 1.29 is 30.7 Å². The van der Waals surface area contributed by atoms with Crippen LogP contribution in [0.2, 0.25) is 0 Å². The highest BCUT2D eigenvalue weighted by Crippen LogP contribution is 2.54. The lowest BCUT2D eigenvalue weighted by atomic mass is 9.88. The maximum Gasteiger partial charge on any atom is 0.435 e. The minimum Gasteiger partial charge on any atom is -0.218 e. The number of rotatable bonds is 4. The van der Waals surface area contributed by atoms with Crippen molar-refractivity contribution >= 4 is 0 Å². The van der Waals surface area contributed by atoms with Gasteiger partial charge in [-0.1, -0.05) is 30.3 Å². The highest BCUT2D eigenvalue weighted by Gasteiger charge is 2.73. The molecular weight excluding hydrogens is 289 g/mol. The van der Waals surface area contributed by atoms with Gasteiger partial charge >= 0.3 is 18.0 Å². The van der Waals surface area contributed by atoms with Gasteiger partial charge in [0.15, 0.2) is 0 Å². The average molecular weight is 300 g/mol. The number of halogens is 7. The van der Waals surface area contributed by atoms with Crippen LogP contribution in [0.1, 0.15) is 17.5 Å². The van der Waals surface area contributed by atoms with Crippen molar-refractivity contribution in [2.45, 2.75) is 30.9 Å². The van der Waals surface area contributed by atoms with E-state index < -0.39 is 23.6 Å². The maximum atomic E-state index is 13.9. The zero-order valence-electron chi connectivity index (χ0n) is 10.2. The van der Waals surface area contributed by atoms with Gasteiger partial charge in [-0.3, -0.25) is 0 Å². The van der Waals surface area contributed by atoms with Gasteiger partial charge < -0.3 is 0 Å². The van der Waals surface area contributed by atoms with Gasteiger partial charge in [0.05, 0.1) is 0 Å². The summed E-state index contributed by atoms with van der Waals surface area (Å²) in [7, 11) is 0. The maximum absolute atomic E-state index is 13.9.